The number of ether oxygens (including phenoxy) is 1. The van der Waals surface area contributed by atoms with Crippen LogP contribution in [0.4, 0.5) is 0 Å². The van der Waals surface area contributed by atoms with Gasteiger partial charge in [-0.15, -0.1) is 0 Å². The summed E-state index contributed by atoms with van der Waals surface area (Å²) in [5.41, 5.74) is 3.43. The van der Waals surface area contributed by atoms with Gasteiger partial charge in [0.2, 0.25) is 0 Å². The Kier molecular flexibility index (Phi) is 3.78. The number of hydrogen-bond donors (Lipinski definition) is 0. The van der Waals surface area contributed by atoms with Gasteiger partial charge in [0.15, 0.2) is 6.29 Å². The first-order valence-corrected chi connectivity index (χ1v) is 7.42. The third kappa shape index (κ3) is 2.58. The Morgan fingerprint density at radius 1 is 1.33 bits per heavy atom. The zero-order valence-corrected chi connectivity index (χ0v) is 12.5. The molecule has 0 N–H and O–H groups in total. The highest BCUT2D eigenvalue weighted by atomic mass is 16.5. The topological polar surface area (TPSA) is 44.1 Å². The highest BCUT2D eigenvalue weighted by molar-refractivity contribution is 5.85. The summed E-state index contributed by atoms with van der Waals surface area (Å²) in [4.78, 5) is 11.4. The number of carbonyl (C=O) groups excluding carboxylic acids is 1. The monoisotopic (exact) mass is 284 g/mol. The Labute approximate surface area is 124 Å². The van der Waals surface area contributed by atoms with Gasteiger partial charge < -0.3 is 4.74 Å². The first-order valence-electron chi connectivity index (χ1n) is 7.42. The van der Waals surface area contributed by atoms with E-state index in [1.807, 2.05) is 36.0 Å². The third-order valence-electron chi connectivity index (χ3n) is 4.25. The molecule has 1 aromatic heterocycles. The van der Waals surface area contributed by atoms with Crippen LogP contribution in [0.15, 0.2) is 24.4 Å². The SMILES string of the molecule is COc1ccc(-c2nn(C3CCCC3)cc2C=O)cc1C. The number of rotatable bonds is 4. The largest absolute Gasteiger partial charge is 0.496 e. The van der Waals surface area contributed by atoms with Gasteiger partial charge in [-0.1, -0.05) is 12.8 Å². The lowest BCUT2D eigenvalue weighted by Crippen LogP contribution is -2.04. The van der Waals surface area contributed by atoms with Crippen molar-refractivity contribution in [2.75, 3.05) is 7.11 Å². The van der Waals surface area contributed by atoms with Crippen LogP contribution in [0.3, 0.4) is 0 Å². The van der Waals surface area contributed by atoms with Crippen molar-refractivity contribution in [3.05, 3.63) is 35.5 Å². The molecule has 1 saturated carbocycles. The third-order valence-corrected chi connectivity index (χ3v) is 4.25. The van der Waals surface area contributed by atoms with Crippen LogP contribution < -0.4 is 4.74 Å². The zero-order valence-electron chi connectivity index (χ0n) is 12.5. The molecule has 4 heteroatoms. The van der Waals surface area contributed by atoms with Crippen molar-refractivity contribution in [3.63, 3.8) is 0 Å². The van der Waals surface area contributed by atoms with E-state index in [9.17, 15) is 4.79 Å². The number of aldehydes is 1. The summed E-state index contributed by atoms with van der Waals surface area (Å²) in [6.07, 6.45) is 7.59. The molecule has 1 aliphatic rings. The van der Waals surface area contributed by atoms with Gasteiger partial charge in [0.25, 0.3) is 0 Å². The lowest BCUT2D eigenvalue weighted by atomic mass is 10.1. The quantitative estimate of drug-likeness (QED) is 0.802. The van der Waals surface area contributed by atoms with E-state index in [2.05, 4.69) is 5.10 Å². The molecule has 4 nitrogen and oxygen atoms in total. The summed E-state index contributed by atoms with van der Waals surface area (Å²) < 4.78 is 7.26. The molecule has 0 radical (unpaired) electrons. The summed E-state index contributed by atoms with van der Waals surface area (Å²) in [5, 5.41) is 4.67. The maximum atomic E-state index is 11.4. The second-order valence-electron chi connectivity index (χ2n) is 5.65. The number of benzene rings is 1. The molecule has 0 unspecified atom stereocenters. The van der Waals surface area contributed by atoms with Crippen LogP contribution in [0.1, 0.15) is 47.6 Å². The van der Waals surface area contributed by atoms with Crippen LogP contribution in [0.2, 0.25) is 0 Å². The van der Waals surface area contributed by atoms with Gasteiger partial charge in [-0.2, -0.15) is 5.10 Å². The maximum absolute atomic E-state index is 11.4. The van der Waals surface area contributed by atoms with Crippen LogP contribution in [0.5, 0.6) is 5.75 Å². The van der Waals surface area contributed by atoms with Crippen LogP contribution in [0, 0.1) is 6.92 Å². The molecule has 0 aliphatic heterocycles. The number of aromatic nitrogens is 2. The van der Waals surface area contributed by atoms with E-state index in [4.69, 9.17) is 4.74 Å². The lowest BCUT2D eigenvalue weighted by molar-refractivity contribution is 0.112. The van der Waals surface area contributed by atoms with E-state index in [0.29, 0.717) is 11.6 Å². The maximum Gasteiger partial charge on any atom is 0.153 e. The minimum atomic E-state index is 0.441. The van der Waals surface area contributed by atoms with Crippen molar-refractivity contribution in [1.29, 1.82) is 0 Å². The van der Waals surface area contributed by atoms with Crippen molar-refractivity contribution < 1.29 is 9.53 Å². The Morgan fingerprint density at radius 3 is 2.71 bits per heavy atom. The van der Waals surface area contributed by atoms with E-state index < -0.39 is 0 Å². The van der Waals surface area contributed by atoms with Gasteiger partial charge in [-0.05, 0) is 43.5 Å². The molecule has 1 aromatic carbocycles. The molecule has 2 aromatic rings. The molecule has 110 valence electrons. The molecule has 0 atom stereocenters. The van der Waals surface area contributed by atoms with E-state index in [0.717, 1.165) is 41.7 Å². The summed E-state index contributed by atoms with van der Waals surface area (Å²) >= 11 is 0. The Balaban J connectivity index is 2.00. The second-order valence-corrected chi connectivity index (χ2v) is 5.65. The Morgan fingerprint density at radius 2 is 2.10 bits per heavy atom. The van der Waals surface area contributed by atoms with Crippen molar-refractivity contribution in [2.45, 2.75) is 38.6 Å². The molecule has 1 fully saturated rings. The van der Waals surface area contributed by atoms with E-state index in [1.165, 1.54) is 12.8 Å². The predicted octanol–water partition coefficient (Wildman–Crippen LogP) is 3.79. The fourth-order valence-electron chi connectivity index (χ4n) is 3.10. The number of carbonyl (C=O) groups is 1. The molecule has 21 heavy (non-hydrogen) atoms. The van der Waals surface area contributed by atoms with Gasteiger partial charge in [0.05, 0.1) is 18.7 Å². The highest BCUT2D eigenvalue weighted by Gasteiger charge is 2.20. The van der Waals surface area contributed by atoms with Crippen LogP contribution >= 0.6 is 0 Å². The molecule has 1 aliphatic carbocycles. The minimum Gasteiger partial charge on any atom is -0.496 e. The molecular weight excluding hydrogens is 264 g/mol. The summed E-state index contributed by atoms with van der Waals surface area (Å²) in [6.45, 7) is 2.00. The molecule has 0 saturated heterocycles. The molecule has 0 amide bonds. The number of aryl methyl sites for hydroxylation is 1. The summed E-state index contributed by atoms with van der Waals surface area (Å²) in [6, 6.07) is 6.35. The van der Waals surface area contributed by atoms with E-state index >= 15 is 0 Å². The average molecular weight is 284 g/mol. The first kappa shape index (κ1) is 13.9. The van der Waals surface area contributed by atoms with Crippen LogP contribution in [0.25, 0.3) is 11.3 Å². The van der Waals surface area contributed by atoms with Crippen LogP contribution in [-0.4, -0.2) is 23.2 Å². The normalized spacial score (nSPS) is 15.3. The molecule has 3 rings (SSSR count). The summed E-state index contributed by atoms with van der Waals surface area (Å²) in [5.74, 6) is 0.849. The minimum absolute atomic E-state index is 0.441. The standard InChI is InChI=1S/C17H20N2O2/c1-12-9-13(7-8-16(12)21-2)17-14(11-20)10-19(18-17)15-5-3-4-6-15/h7-11,15H,3-6H2,1-2H3. The molecular formula is C17H20N2O2. The Bertz CT molecular complexity index is 655. The van der Waals surface area contributed by atoms with Crippen LogP contribution in [-0.2, 0) is 0 Å². The van der Waals surface area contributed by atoms with E-state index in [1.54, 1.807) is 7.11 Å². The number of methoxy groups -OCH3 is 1. The molecule has 0 spiro atoms. The van der Waals surface area contributed by atoms with Crippen molar-refractivity contribution in [1.82, 2.24) is 9.78 Å². The van der Waals surface area contributed by atoms with Gasteiger partial charge >= 0.3 is 0 Å². The smallest absolute Gasteiger partial charge is 0.153 e. The number of hydrogen-bond acceptors (Lipinski definition) is 3. The van der Waals surface area contributed by atoms with Crippen molar-refractivity contribution >= 4 is 6.29 Å². The predicted molar refractivity (Wildman–Crippen MR) is 81.8 cm³/mol. The number of nitrogens with zero attached hydrogens (tertiary/aromatic N) is 2. The molecule has 1 heterocycles. The van der Waals surface area contributed by atoms with Gasteiger partial charge in [0, 0.05) is 11.8 Å². The zero-order chi connectivity index (χ0) is 14.8. The van der Waals surface area contributed by atoms with Crippen molar-refractivity contribution in [3.8, 4) is 17.0 Å². The first-order chi connectivity index (χ1) is 10.2. The summed E-state index contributed by atoms with van der Waals surface area (Å²) in [7, 11) is 1.66. The van der Waals surface area contributed by atoms with E-state index in [-0.39, 0.29) is 0 Å². The highest BCUT2D eigenvalue weighted by Crippen LogP contribution is 2.32. The van der Waals surface area contributed by atoms with Gasteiger partial charge in [0.1, 0.15) is 11.4 Å². The Hall–Kier alpha value is -2.10. The fraction of sp³-hybridized carbons (Fsp3) is 0.412. The second kappa shape index (κ2) is 5.72. The van der Waals surface area contributed by atoms with Crippen molar-refractivity contribution in [2.24, 2.45) is 0 Å². The molecule has 0 bridgehead atoms. The lowest BCUT2D eigenvalue weighted by Gasteiger charge is -2.09. The van der Waals surface area contributed by atoms with Gasteiger partial charge in [-0.3, -0.25) is 9.48 Å². The fourth-order valence-corrected chi connectivity index (χ4v) is 3.10. The average Bonchev–Trinajstić information content (AvgIpc) is 3.15. The van der Waals surface area contributed by atoms with Gasteiger partial charge in [-0.25, -0.2) is 0 Å².